The molecule has 3 aliphatic rings. The van der Waals surface area contributed by atoms with Gasteiger partial charge in [-0.05, 0) is 43.7 Å². The number of nitro groups is 1. The highest BCUT2D eigenvalue weighted by Crippen LogP contribution is 2.52. The van der Waals surface area contributed by atoms with E-state index in [1.807, 2.05) is 43.3 Å². The van der Waals surface area contributed by atoms with Crippen LogP contribution in [0.1, 0.15) is 30.0 Å². The molecule has 1 aliphatic heterocycles. The van der Waals surface area contributed by atoms with Crippen LogP contribution in [0.3, 0.4) is 0 Å². The molecule has 5 rings (SSSR count). The number of amides is 2. The molecule has 1 saturated carbocycles. The van der Waals surface area contributed by atoms with Crippen LogP contribution in [0.25, 0.3) is 0 Å². The first-order valence-electron chi connectivity index (χ1n) is 11.6. The third kappa shape index (κ3) is 4.07. The number of carbonyl (C=O) groups excluding carboxylic acids is 2. The summed E-state index contributed by atoms with van der Waals surface area (Å²) in [5, 5.41) is 16.9. The lowest BCUT2D eigenvalue weighted by molar-refractivity contribution is -0.386. The zero-order valence-corrected chi connectivity index (χ0v) is 19.4. The lowest BCUT2D eigenvalue weighted by atomic mass is 9.85. The van der Waals surface area contributed by atoms with Crippen molar-refractivity contribution in [3.63, 3.8) is 0 Å². The largest absolute Gasteiger partial charge is 0.490 e. The van der Waals surface area contributed by atoms with Crippen LogP contribution in [-0.2, 0) is 16.2 Å². The van der Waals surface area contributed by atoms with Gasteiger partial charge in [0.15, 0.2) is 5.75 Å². The van der Waals surface area contributed by atoms with Crippen molar-refractivity contribution in [3.8, 4) is 11.5 Å². The van der Waals surface area contributed by atoms with Crippen LogP contribution >= 0.6 is 0 Å². The summed E-state index contributed by atoms with van der Waals surface area (Å²) in [5.74, 6) is -0.986. The van der Waals surface area contributed by atoms with E-state index < -0.39 is 4.92 Å². The molecule has 2 amide bonds. The Balaban J connectivity index is 1.41. The monoisotopic (exact) mass is 475 g/mol. The fourth-order valence-corrected chi connectivity index (χ4v) is 5.19. The van der Waals surface area contributed by atoms with E-state index in [0.29, 0.717) is 5.56 Å². The number of benzene rings is 2. The van der Waals surface area contributed by atoms with Crippen LogP contribution in [0.4, 0.5) is 5.69 Å². The molecular weight excluding hydrogens is 450 g/mol. The second-order valence-electron chi connectivity index (χ2n) is 9.06. The number of hydrogen-bond donors (Lipinski definition) is 0. The van der Waals surface area contributed by atoms with Crippen molar-refractivity contribution in [1.82, 2.24) is 5.01 Å². The Bertz CT molecular complexity index is 1220. The molecule has 1 heterocycles. The van der Waals surface area contributed by atoms with E-state index >= 15 is 0 Å². The summed E-state index contributed by atoms with van der Waals surface area (Å²) in [5.41, 5.74) is 1.99. The number of aryl methyl sites for hydroxylation is 1. The summed E-state index contributed by atoms with van der Waals surface area (Å²) < 4.78 is 11.5. The Labute approximate surface area is 202 Å². The van der Waals surface area contributed by atoms with Crippen molar-refractivity contribution in [2.24, 2.45) is 28.8 Å². The standard InChI is InChI=1S/C26H25N3O6/c1-3-34-21-11-17(10-20(29(32)33)24(21)35-14-16-6-4-15(2)5-7-16)13-27-28-25(30)22-18-8-9-19(12-18)23(22)26(28)31/h4-11,13,18-19,22-23H,3,12,14H2,1-2H3/t18-,19-,22-,23+/m0/s1. The van der Waals surface area contributed by atoms with E-state index in [2.05, 4.69) is 5.10 Å². The lowest BCUT2D eigenvalue weighted by Gasteiger charge is -2.14. The highest BCUT2D eigenvalue weighted by molar-refractivity contribution is 6.06. The van der Waals surface area contributed by atoms with E-state index in [-0.39, 0.29) is 65.9 Å². The maximum absolute atomic E-state index is 12.9. The molecule has 9 heteroatoms. The number of carbonyl (C=O) groups is 2. The first kappa shape index (κ1) is 22.8. The van der Waals surface area contributed by atoms with Gasteiger partial charge in [-0.1, -0.05) is 42.0 Å². The maximum atomic E-state index is 12.9. The van der Waals surface area contributed by atoms with E-state index in [1.54, 1.807) is 13.0 Å². The Morgan fingerprint density at radius 3 is 2.34 bits per heavy atom. The smallest absolute Gasteiger partial charge is 0.315 e. The second kappa shape index (κ2) is 8.98. The third-order valence-electron chi connectivity index (χ3n) is 6.83. The number of imide groups is 1. The minimum Gasteiger partial charge on any atom is -0.490 e. The van der Waals surface area contributed by atoms with Crippen molar-refractivity contribution in [1.29, 1.82) is 0 Å². The van der Waals surface area contributed by atoms with Crippen LogP contribution < -0.4 is 9.47 Å². The van der Waals surface area contributed by atoms with Gasteiger partial charge in [0.25, 0.3) is 11.8 Å². The minimum absolute atomic E-state index is 0.0140. The third-order valence-corrected chi connectivity index (χ3v) is 6.83. The van der Waals surface area contributed by atoms with E-state index in [0.717, 1.165) is 22.6 Å². The zero-order valence-electron chi connectivity index (χ0n) is 19.4. The van der Waals surface area contributed by atoms with Gasteiger partial charge in [0.1, 0.15) is 6.61 Å². The summed E-state index contributed by atoms with van der Waals surface area (Å²) in [7, 11) is 0. The van der Waals surface area contributed by atoms with Gasteiger partial charge in [-0.15, -0.1) is 0 Å². The molecule has 0 radical (unpaired) electrons. The molecular formula is C26H25N3O6. The van der Waals surface area contributed by atoms with Crippen molar-refractivity contribution in [2.45, 2.75) is 26.9 Å². The summed E-state index contributed by atoms with van der Waals surface area (Å²) in [4.78, 5) is 37.0. The lowest BCUT2D eigenvalue weighted by Crippen LogP contribution is -2.28. The van der Waals surface area contributed by atoms with Gasteiger partial charge < -0.3 is 9.47 Å². The van der Waals surface area contributed by atoms with Crippen molar-refractivity contribution in [3.05, 3.63) is 75.4 Å². The number of hydrogen-bond acceptors (Lipinski definition) is 7. The van der Waals surface area contributed by atoms with Gasteiger partial charge in [0.05, 0.1) is 29.6 Å². The van der Waals surface area contributed by atoms with E-state index in [1.165, 1.54) is 12.3 Å². The van der Waals surface area contributed by atoms with Gasteiger partial charge >= 0.3 is 5.69 Å². The van der Waals surface area contributed by atoms with Gasteiger partial charge in [-0.25, -0.2) is 0 Å². The minimum atomic E-state index is -0.551. The van der Waals surface area contributed by atoms with Gasteiger partial charge in [0, 0.05) is 11.6 Å². The average molecular weight is 476 g/mol. The Morgan fingerprint density at radius 2 is 1.74 bits per heavy atom. The Hall–Kier alpha value is -4.01. The molecule has 0 N–H and O–H groups in total. The van der Waals surface area contributed by atoms with Crippen LogP contribution in [-0.4, -0.2) is 34.6 Å². The van der Waals surface area contributed by atoms with Crippen LogP contribution in [0.5, 0.6) is 11.5 Å². The van der Waals surface area contributed by atoms with Crippen LogP contribution in [0, 0.1) is 40.7 Å². The molecule has 0 aromatic heterocycles. The van der Waals surface area contributed by atoms with Crippen LogP contribution in [0.2, 0.25) is 0 Å². The Kier molecular flexibility index (Phi) is 5.84. The first-order chi connectivity index (χ1) is 16.9. The molecule has 2 aromatic carbocycles. The SMILES string of the molecule is CCOc1cc(C=NN2C(=O)[C@@H]3[C@H](C2=O)[C@H]2C=C[C@H]3C2)cc([N+](=O)[O-])c1OCc1ccc(C)cc1. The number of nitro benzene ring substituents is 1. The summed E-state index contributed by atoms with van der Waals surface area (Å²) in [6, 6.07) is 10.5. The van der Waals surface area contributed by atoms with E-state index in [4.69, 9.17) is 9.47 Å². The topological polar surface area (TPSA) is 111 Å². The number of nitrogens with zero attached hydrogens (tertiary/aromatic N) is 3. The molecule has 0 spiro atoms. The fraction of sp³-hybridized carbons (Fsp3) is 0.346. The molecule has 9 nitrogen and oxygen atoms in total. The number of ether oxygens (including phenoxy) is 2. The molecule has 2 aromatic rings. The van der Waals surface area contributed by atoms with Crippen molar-refractivity contribution < 1.29 is 24.0 Å². The first-order valence-corrected chi connectivity index (χ1v) is 11.6. The summed E-state index contributed by atoms with van der Waals surface area (Å²) in [6.07, 6.45) is 6.14. The van der Waals surface area contributed by atoms with Crippen molar-refractivity contribution in [2.75, 3.05) is 6.61 Å². The highest BCUT2D eigenvalue weighted by atomic mass is 16.6. The molecule has 0 unspecified atom stereocenters. The Morgan fingerprint density at radius 1 is 1.09 bits per heavy atom. The molecule has 4 atom stereocenters. The second-order valence-corrected chi connectivity index (χ2v) is 9.06. The van der Waals surface area contributed by atoms with Crippen LogP contribution in [0.15, 0.2) is 53.7 Å². The van der Waals surface area contributed by atoms with Crippen molar-refractivity contribution >= 4 is 23.7 Å². The van der Waals surface area contributed by atoms with E-state index in [9.17, 15) is 19.7 Å². The van der Waals surface area contributed by atoms with Gasteiger partial charge in [0.2, 0.25) is 5.75 Å². The normalized spacial score (nSPS) is 24.5. The summed E-state index contributed by atoms with van der Waals surface area (Å²) in [6.45, 7) is 4.13. The molecule has 35 heavy (non-hydrogen) atoms. The molecule has 2 bridgehead atoms. The quantitative estimate of drug-likeness (QED) is 0.187. The average Bonchev–Trinajstić information content (AvgIpc) is 3.52. The number of allylic oxidation sites excluding steroid dienone is 2. The molecule has 180 valence electrons. The number of hydrazone groups is 1. The molecule has 2 fully saturated rings. The molecule has 2 aliphatic carbocycles. The predicted octanol–water partition coefficient (Wildman–Crippen LogP) is 4.02. The predicted molar refractivity (Wildman–Crippen MR) is 127 cm³/mol. The molecule has 1 saturated heterocycles. The van der Waals surface area contributed by atoms with Gasteiger partial charge in [-0.2, -0.15) is 10.1 Å². The fourth-order valence-electron chi connectivity index (χ4n) is 5.19. The summed E-state index contributed by atoms with van der Waals surface area (Å²) >= 11 is 0. The zero-order chi connectivity index (χ0) is 24.7. The number of rotatable bonds is 8. The maximum Gasteiger partial charge on any atom is 0.315 e. The van der Waals surface area contributed by atoms with Gasteiger partial charge in [-0.3, -0.25) is 19.7 Å². The number of fused-ring (bicyclic) bond motifs is 5. The highest BCUT2D eigenvalue weighted by Gasteiger charge is 2.59.